The average Bonchev–Trinajstić information content (AvgIpc) is 2.58. The second-order valence-electron chi connectivity index (χ2n) is 5.10. The molecule has 2 unspecified atom stereocenters. The summed E-state index contributed by atoms with van der Waals surface area (Å²) in [5, 5.41) is 0. The summed E-state index contributed by atoms with van der Waals surface area (Å²) in [6.07, 6.45) is 5.35. The van der Waals surface area contributed by atoms with E-state index in [1.54, 1.807) is 0 Å². The van der Waals surface area contributed by atoms with Crippen LogP contribution in [0.3, 0.4) is 0 Å². The van der Waals surface area contributed by atoms with E-state index in [1.165, 1.54) is 37.8 Å². The maximum absolute atomic E-state index is 6.01. The first-order chi connectivity index (χ1) is 8.33. The molecule has 0 amide bonds. The minimum absolute atomic E-state index is 0.393. The second kappa shape index (κ2) is 6.18. The number of rotatable bonds is 3. The van der Waals surface area contributed by atoms with Crippen molar-refractivity contribution in [1.29, 1.82) is 0 Å². The van der Waals surface area contributed by atoms with Gasteiger partial charge in [0.15, 0.2) is 0 Å². The van der Waals surface area contributed by atoms with Crippen LogP contribution in [0.1, 0.15) is 44.2 Å². The van der Waals surface area contributed by atoms with Crippen LogP contribution in [-0.4, -0.2) is 24.0 Å². The van der Waals surface area contributed by atoms with Gasteiger partial charge in [0.05, 0.1) is 0 Å². The molecule has 1 saturated heterocycles. The summed E-state index contributed by atoms with van der Waals surface area (Å²) in [6, 6.07) is 11.8. The van der Waals surface area contributed by atoms with Gasteiger partial charge in [0.25, 0.3) is 0 Å². The van der Waals surface area contributed by atoms with E-state index in [1.807, 2.05) is 0 Å². The summed E-state index contributed by atoms with van der Waals surface area (Å²) >= 11 is 0. The lowest BCUT2D eigenvalue weighted by Crippen LogP contribution is -2.39. The van der Waals surface area contributed by atoms with Crippen LogP contribution in [0.25, 0.3) is 0 Å². The first kappa shape index (κ1) is 12.6. The molecule has 2 rings (SSSR count). The number of nitrogens with zero attached hydrogens (tertiary/aromatic N) is 1. The topological polar surface area (TPSA) is 29.3 Å². The van der Waals surface area contributed by atoms with Gasteiger partial charge in [-0.1, -0.05) is 43.2 Å². The minimum Gasteiger partial charge on any atom is -0.329 e. The quantitative estimate of drug-likeness (QED) is 0.868. The fourth-order valence-electron chi connectivity index (χ4n) is 2.90. The Morgan fingerprint density at radius 2 is 2.00 bits per heavy atom. The molecule has 1 aromatic carbocycles. The van der Waals surface area contributed by atoms with Gasteiger partial charge in [-0.25, -0.2) is 0 Å². The number of nitrogens with two attached hydrogens (primary N) is 1. The zero-order valence-corrected chi connectivity index (χ0v) is 10.8. The number of benzene rings is 1. The van der Waals surface area contributed by atoms with Crippen molar-refractivity contribution in [3.8, 4) is 0 Å². The van der Waals surface area contributed by atoms with Gasteiger partial charge in [0, 0.05) is 18.6 Å². The number of hydrogen-bond donors (Lipinski definition) is 1. The van der Waals surface area contributed by atoms with Crippen molar-refractivity contribution in [2.24, 2.45) is 5.73 Å². The third kappa shape index (κ3) is 3.08. The molecule has 0 radical (unpaired) electrons. The molecule has 0 spiro atoms. The molecule has 2 atom stereocenters. The van der Waals surface area contributed by atoms with Crippen molar-refractivity contribution in [1.82, 2.24) is 4.90 Å². The molecule has 0 saturated carbocycles. The SMILES string of the molecule is CC1CCCCCN1C(CN)c1ccccc1. The van der Waals surface area contributed by atoms with Gasteiger partial charge in [-0.3, -0.25) is 4.90 Å². The molecule has 0 aromatic heterocycles. The molecule has 1 aliphatic heterocycles. The molecule has 94 valence electrons. The van der Waals surface area contributed by atoms with Crippen molar-refractivity contribution in [3.05, 3.63) is 35.9 Å². The van der Waals surface area contributed by atoms with Gasteiger partial charge < -0.3 is 5.73 Å². The highest BCUT2D eigenvalue weighted by molar-refractivity contribution is 5.19. The van der Waals surface area contributed by atoms with E-state index in [9.17, 15) is 0 Å². The van der Waals surface area contributed by atoms with E-state index in [2.05, 4.69) is 42.2 Å². The normalized spacial score (nSPS) is 24.2. The predicted octanol–water partition coefficient (Wildman–Crippen LogP) is 2.95. The summed E-state index contributed by atoms with van der Waals surface area (Å²) in [5.41, 5.74) is 7.37. The smallest absolute Gasteiger partial charge is 0.0473 e. The zero-order chi connectivity index (χ0) is 12.1. The first-order valence-electron chi connectivity index (χ1n) is 6.83. The maximum atomic E-state index is 6.01. The largest absolute Gasteiger partial charge is 0.329 e. The van der Waals surface area contributed by atoms with Crippen molar-refractivity contribution < 1.29 is 0 Å². The molecule has 2 nitrogen and oxygen atoms in total. The minimum atomic E-state index is 0.393. The van der Waals surface area contributed by atoms with Gasteiger partial charge in [-0.2, -0.15) is 0 Å². The van der Waals surface area contributed by atoms with Crippen molar-refractivity contribution >= 4 is 0 Å². The lowest BCUT2D eigenvalue weighted by atomic mass is 10.0. The molecule has 1 fully saturated rings. The molecule has 1 aliphatic rings. The molecule has 2 N–H and O–H groups in total. The van der Waals surface area contributed by atoms with E-state index in [0.717, 1.165) is 0 Å². The molecular weight excluding hydrogens is 208 g/mol. The Balaban J connectivity index is 2.16. The van der Waals surface area contributed by atoms with Crippen LogP contribution in [0, 0.1) is 0 Å². The van der Waals surface area contributed by atoms with Crippen molar-refractivity contribution in [3.63, 3.8) is 0 Å². The van der Waals surface area contributed by atoms with Gasteiger partial charge in [-0.05, 0) is 31.9 Å². The van der Waals surface area contributed by atoms with E-state index < -0.39 is 0 Å². The molecule has 17 heavy (non-hydrogen) atoms. The van der Waals surface area contributed by atoms with Gasteiger partial charge in [0.2, 0.25) is 0 Å². The van der Waals surface area contributed by atoms with Crippen molar-refractivity contribution in [2.75, 3.05) is 13.1 Å². The molecule has 1 heterocycles. The summed E-state index contributed by atoms with van der Waals surface area (Å²) in [7, 11) is 0. The maximum Gasteiger partial charge on any atom is 0.0473 e. The zero-order valence-electron chi connectivity index (χ0n) is 10.8. The van der Waals surface area contributed by atoms with E-state index >= 15 is 0 Å². The Morgan fingerprint density at radius 1 is 1.24 bits per heavy atom. The Hall–Kier alpha value is -0.860. The summed E-state index contributed by atoms with van der Waals surface area (Å²) in [5.74, 6) is 0. The third-order valence-corrected chi connectivity index (χ3v) is 3.91. The van der Waals surface area contributed by atoms with Crippen molar-refractivity contribution in [2.45, 2.75) is 44.7 Å². The van der Waals surface area contributed by atoms with Gasteiger partial charge in [-0.15, -0.1) is 0 Å². The predicted molar refractivity (Wildman–Crippen MR) is 72.9 cm³/mol. The van der Waals surface area contributed by atoms with Gasteiger partial charge in [0.1, 0.15) is 0 Å². The fraction of sp³-hybridized carbons (Fsp3) is 0.600. The van der Waals surface area contributed by atoms with Crippen LogP contribution in [0.15, 0.2) is 30.3 Å². The summed E-state index contributed by atoms with van der Waals surface area (Å²) in [4.78, 5) is 2.60. The molecule has 0 aliphatic carbocycles. The second-order valence-corrected chi connectivity index (χ2v) is 5.10. The van der Waals surface area contributed by atoms with Crippen LogP contribution < -0.4 is 5.73 Å². The van der Waals surface area contributed by atoms with E-state index in [0.29, 0.717) is 18.6 Å². The van der Waals surface area contributed by atoms with E-state index in [-0.39, 0.29) is 0 Å². The fourth-order valence-corrected chi connectivity index (χ4v) is 2.90. The highest BCUT2D eigenvalue weighted by atomic mass is 15.2. The molecule has 2 heteroatoms. The van der Waals surface area contributed by atoms with Gasteiger partial charge >= 0.3 is 0 Å². The van der Waals surface area contributed by atoms with Crippen LogP contribution in [0.4, 0.5) is 0 Å². The summed E-state index contributed by atoms with van der Waals surface area (Å²) < 4.78 is 0. The lowest BCUT2D eigenvalue weighted by Gasteiger charge is -2.35. The Bertz CT molecular complexity index is 323. The van der Waals surface area contributed by atoms with Crippen LogP contribution in [0.5, 0.6) is 0 Å². The number of likely N-dealkylation sites (tertiary alicyclic amines) is 1. The highest BCUT2D eigenvalue weighted by Gasteiger charge is 2.24. The Morgan fingerprint density at radius 3 is 2.71 bits per heavy atom. The van der Waals surface area contributed by atoms with Crippen LogP contribution >= 0.6 is 0 Å². The standard InChI is InChI=1S/C15H24N2/c1-13-8-4-3-7-11-17(13)15(12-16)14-9-5-2-6-10-14/h2,5-6,9-10,13,15H,3-4,7-8,11-12,16H2,1H3. The Kier molecular flexibility index (Phi) is 4.57. The summed E-state index contributed by atoms with van der Waals surface area (Å²) in [6.45, 7) is 4.25. The number of hydrogen-bond acceptors (Lipinski definition) is 2. The highest BCUT2D eigenvalue weighted by Crippen LogP contribution is 2.27. The van der Waals surface area contributed by atoms with Crippen LogP contribution in [-0.2, 0) is 0 Å². The molecular formula is C15H24N2. The lowest BCUT2D eigenvalue weighted by molar-refractivity contribution is 0.151. The monoisotopic (exact) mass is 232 g/mol. The molecule has 0 bridgehead atoms. The molecule has 1 aromatic rings. The third-order valence-electron chi connectivity index (χ3n) is 3.91. The average molecular weight is 232 g/mol. The first-order valence-corrected chi connectivity index (χ1v) is 6.83. The van der Waals surface area contributed by atoms with E-state index in [4.69, 9.17) is 5.73 Å². The Labute approximate surface area is 105 Å². The van der Waals surface area contributed by atoms with Crippen LogP contribution in [0.2, 0.25) is 0 Å².